The van der Waals surface area contributed by atoms with Crippen LogP contribution in [0.3, 0.4) is 0 Å². The average molecular weight is 1100 g/mol. The van der Waals surface area contributed by atoms with E-state index < -0.39 is 57.8 Å². The molecule has 0 heterocycles. The molecule has 0 radical (unpaired) electrons. The summed E-state index contributed by atoms with van der Waals surface area (Å²) in [5.41, 5.74) is 0. The predicted molar refractivity (Wildman–Crippen MR) is 316 cm³/mol. The number of hydrogen-bond acceptors (Lipinski definition) is 10. The van der Waals surface area contributed by atoms with Gasteiger partial charge in [-0.1, -0.05) is 283 Å². The molecular formula is C64H121O11P. The molecule has 2 N–H and O–H groups in total. The minimum Gasteiger partial charge on any atom is -0.462 e. The van der Waals surface area contributed by atoms with Crippen molar-refractivity contribution in [3.05, 3.63) is 24.3 Å². The summed E-state index contributed by atoms with van der Waals surface area (Å²) in [5.74, 6) is -1.44. The zero-order chi connectivity index (χ0) is 55.5. The molecule has 3 unspecified atom stereocenters. The normalized spacial score (nSPS) is 13.4. The molecule has 0 aliphatic rings. The van der Waals surface area contributed by atoms with Crippen molar-refractivity contribution in [2.75, 3.05) is 26.4 Å². The molecule has 0 aliphatic carbocycles. The van der Waals surface area contributed by atoms with Crippen molar-refractivity contribution >= 4 is 25.7 Å². The second-order valence-electron chi connectivity index (χ2n) is 21.9. The highest BCUT2D eigenvalue weighted by atomic mass is 31.2. The molecule has 76 heavy (non-hydrogen) atoms. The fourth-order valence-electron chi connectivity index (χ4n) is 9.45. The summed E-state index contributed by atoms with van der Waals surface area (Å²) in [4.78, 5) is 48.7. The molecule has 0 aromatic rings. The number of aliphatic hydroxyl groups is 1. The van der Waals surface area contributed by atoms with E-state index in [4.69, 9.17) is 23.3 Å². The molecule has 0 spiro atoms. The number of phosphoric ester groups is 1. The van der Waals surface area contributed by atoms with E-state index in [1.54, 1.807) is 0 Å². The molecule has 11 nitrogen and oxygen atoms in total. The van der Waals surface area contributed by atoms with E-state index in [0.717, 1.165) is 70.6 Å². The van der Waals surface area contributed by atoms with Gasteiger partial charge in [0.2, 0.25) is 0 Å². The highest BCUT2D eigenvalue weighted by molar-refractivity contribution is 7.47. The van der Waals surface area contributed by atoms with Crippen molar-refractivity contribution in [2.45, 2.75) is 341 Å². The first-order valence-electron chi connectivity index (χ1n) is 32.2. The predicted octanol–water partition coefficient (Wildman–Crippen LogP) is 19.4. The average Bonchev–Trinajstić information content (AvgIpc) is 3.41. The van der Waals surface area contributed by atoms with E-state index in [-0.39, 0.29) is 25.9 Å². The second-order valence-corrected chi connectivity index (χ2v) is 23.4. The van der Waals surface area contributed by atoms with Crippen LogP contribution in [0.15, 0.2) is 24.3 Å². The lowest BCUT2D eigenvalue weighted by atomic mass is 10.0. The summed E-state index contributed by atoms with van der Waals surface area (Å²) in [7, 11) is -4.75. The zero-order valence-corrected chi connectivity index (χ0v) is 50.6. The van der Waals surface area contributed by atoms with E-state index in [1.165, 1.54) is 199 Å². The van der Waals surface area contributed by atoms with E-state index >= 15 is 0 Å². The van der Waals surface area contributed by atoms with Gasteiger partial charge in [-0.15, -0.1) is 0 Å². The molecule has 0 saturated carbocycles. The van der Waals surface area contributed by atoms with Gasteiger partial charge in [-0.2, -0.15) is 0 Å². The fraction of sp³-hybridized carbons (Fsp3) is 0.891. The van der Waals surface area contributed by atoms with Gasteiger partial charge >= 0.3 is 25.7 Å². The Morgan fingerprint density at radius 2 is 0.645 bits per heavy atom. The number of allylic oxidation sites excluding steroid dienone is 4. The van der Waals surface area contributed by atoms with Crippen LogP contribution in [0.5, 0.6) is 0 Å². The minimum absolute atomic E-state index is 0.173. The summed E-state index contributed by atoms with van der Waals surface area (Å²) < 4.78 is 39.7. The van der Waals surface area contributed by atoms with Crippen LogP contribution in [-0.4, -0.2) is 66.5 Å². The van der Waals surface area contributed by atoms with Crippen molar-refractivity contribution in [3.63, 3.8) is 0 Å². The van der Waals surface area contributed by atoms with Gasteiger partial charge in [-0.3, -0.25) is 23.4 Å². The number of esters is 3. The Kier molecular flexibility index (Phi) is 57.5. The number of ether oxygens (including phenoxy) is 3. The van der Waals surface area contributed by atoms with Crippen LogP contribution < -0.4 is 0 Å². The van der Waals surface area contributed by atoms with Gasteiger partial charge in [-0.05, 0) is 51.4 Å². The highest BCUT2D eigenvalue weighted by Crippen LogP contribution is 2.43. The first kappa shape index (κ1) is 74.0. The molecular weight excluding hydrogens is 976 g/mol. The molecule has 0 saturated heterocycles. The standard InChI is InChI=1S/C64H121O11P/c1-4-7-10-13-16-19-22-25-28-30-33-35-38-41-44-47-50-53-62(66)71-57-61(75-64(68)55-52-49-46-43-40-37-34-31-29-26-23-20-17-14-11-8-5-2)59-73-76(69,70)72-58-60(56-65)74-63(67)54-51-48-45-42-39-36-32-27-24-21-18-15-12-9-6-3/h16,19,25,28,60-61,65H,4-15,17-18,20-24,26-27,29-59H2,1-3H3,(H,69,70)/b19-16-,28-25-. The molecule has 3 atom stereocenters. The lowest BCUT2D eigenvalue weighted by Gasteiger charge is -2.21. The first-order valence-corrected chi connectivity index (χ1v) is 33.7. The Balaban J connectivity index is 4.66. The number of carbonyl (C=O) groups is 3. The molecule has 0 bridgehead atoms. The van der Waals surface area contributed by atoms with Crippen molar-refractivity contribution in [1.82, 2.24) is 0 Å². The van der Waals surface area contributed by atoms with E-state index in [0.29, 0.717) is 19.3 Å². The number of unbranched alkanes of at least 4 members (excludes halogenated alkanes) is 40. The molecule has 0 rings (SSSR count). The summed E-state index contributed by atoms with van der Waals surface area (Å²) in [5, 5.41) is 9.84. The minimum atomic E-state index is -4.75. The lowest BCUT2D eigenvalue weighted by Crippen LogP contribution is -2.30. The Morgan fingerprint density at radius 3 is 1.00 bits per heavy atom. The third-order valence-corrected chi connectivity index (χ3v) is 15.3. The molecule has 0 aliphatic heterocycles. The maximum absolute atomic E-state index is 12.9. The molecule has 0 amide bonds. The summed E-state index contributed by atoms with van der Waals surface area (Å²) in [6.07, 6.45) is 61.2. The quantitative estimate of drug-likeness (QED) is 0.0197. The number of hydrogen-bond donors (Lipinski definition) is 2. The zero-order valence-electron chi connectivity index (χ0n) is 49.7. The van der Waals surface area contributed by atoms with Crippen molar-refractivity contribution < 1.29 is 52.2 Å². The third-order valence-electron chi connectivity index (χ3n) is 14.4. The van der Waals surface area contributed by atoms with Crippen LogP contribution in [-0.2, 0) is 42.2 Å². The summed E-state index contributed by atoms with van der Waals surface area (Å²) in [6.45, 7) is 4.70. The van der Waals surface area contributed by atoms with Gasteiger partial charge in [0.25, 0.3) is 0 Å². The monoisotopic (exact) mass is 1100 g/mol. The molecule has 12 heteroatoms. The first-order chi connectivity index (χ1) is 37.2. The Bertz CT molecular complexity index is 1370. The van der Waals surface area contributed by atoms with Crippen LogP contribution in [0.1, 0.15) is 329 Å². The maximum Gasteiger partial charge on any atom is 0.472 e. The molecule has 0 fully saturated rings. The van der Waals surface area contributed by atoms with Crippen molar-refractivity contribution in [3.8, 4) is 0 Å². The smallest absolute Gasteiger partial charge is 0.462 e. The van der Waals surface area contributed by atoms with Gasteiger partial charge < -0.3 is 24.2 Å². The van der Waals surface area contributed by atoms with Crippen molar-refractivity contribution in [2.24, 2.45) is 0 Å². The highest BCUT2D eigenvalue weighted by Gasteiger charge is 2.28. The van der Waals surface area contributed by atoms with Crippen molar-refractivity contribution in [1.29, 1.82) is 0 Å². The van der Waals surface area contributed by atoms with Crippen LogP contribution in [0.4, 0.5) is 0 Å². The van der Waals surface area contributed by atoms with Crippen LogP contribution in [0.2, 0.25) is 0 Å². The number of phosphoric acid groups is 1. The third kappa shape index (κ3) is 56.7. The molecule has 448 valence electrons. The van der Waals surface area contributed by atoms with Crippen LogP contribution >= 0.6 is 7.82 Å². The topological polar surface area (TPSA) is 155 Å². The van der Waals surface area contributed by atoms with E-state index in [2.05, 4.69) is 45.1 Å². The van der Waals surface area contributed by atoms with Gasteiger partial charge in [0.15, 0.2) is 6.10 Å². The lowest BCUT2D eigenvalue weighted by molar-refractivity contribution is -0.161. The Labute approximate surface area is 468 Å². The second kappa shape index (κ2) is 59.1. The maximum atomic E-state index is 12.9. The number of carbonyl (C=O) groups excluding carboxylic acids is 3. The molecule has 0 aromatic heterocycles. The van der Waals surface area contributed by atoms with Gasteiger partial charge in [0, 0.05) is 19.3 Å². The summed E-state index contributed by atoms with van der Waals surface area (Å²) in [6, 6.07) is 0. The van der Waals surface area contributed by atoms with E-state index in [1.807, 2.05) is 0 Å². The fourth-order valence-corrected chi connectivity index (χ4v) is 10.2. The summed E-state index contributed by atoms with van der Waals surface area (Å²) >= 11 is 0. The Hall–Kier alpha value is -2.04. The largest absolute Gasteiger partial charge is 0.472 e. The van der Waals surface area contributed by atoms with Crippen LogP contribution in [0.25, 0.3) is 0 Å². The van der Waals surface area contributed by atoms with Gasteiger partial charge in [0.05, 0.1) is 19.8 Å². The van der Waals surface area contributed by atoms with Gasteiger partial charge in [0.1, 0.15) is 12.7 Å². The Morgan fingerprint density at radius 1 is 0.368 bits per heavy atom. The van der Waals surface area contributed by atoms with Gasteiger partial charge in [-0.25, -0.2) is 4.57 Å². The molecule has 0 aromatic carbocycles. The number of aliphatic hydroxyl groups excluding tert-OH is 1. The van der Waals surface area contributed by atoms with E-state index in [9.17, 15) is 28.9 Å². The number of rotatable bonds is 61. The van der Waals surface area contributed by atoms with Crippen LogP contribution in [0, 0.1) is 0 Å². The SMILES string of the molecule is CCCCC/C=C\C/C=C\CCCCCCCCCC(=O)OCC(COP(=O)(O)OCC(CO)OC(=O)CCCCCCCCCCCCCCCCC)OC(=O)CCCCCCCCCCCCCCCCCCC.